The average Bonchev–Trinajstić information content (AvgIpc) is 1.83. The lowest BCUT2D eigenvalue weighted by atomic mass is 10.5. The lowest BCUT2D eigenvalue weighted by Crippen LogP contribution is -1.95. The van der Waals surface area contributed by atoms with Crippen molar-refractivity contribution in [2.24, 2.45) is 0 Å². The van der Waals surface area contributed by atoms with Gasteiger partial charge in [-0.2, -0.15) is 0 Å². The summed E-state index contributed by atoms with van der Waals surface area (Å²) < 4.78 is 12.1. The van der Waals surface area contributed by atoms with Crippen molar-refractivity contribution in [3.63, 3.8) is 0 Å². The maximum Gasteiger partial charge on any atom is 0.108 e. The minimum atomic E-state index is -0.139. The highest BCUT2D eigenvalue weighted by molar-refractivity contribution is 9.09. The van der Waals surface area contributed by atoms with E-state index >= 15 is 0 Å². The summed E-state index contributed by atoms with van der Waals surface area (Å²) in [6, 6.07) is 0. The van der Waals surface area contributed by atoms with E-state index in [0.717, 1.165) is 0 Å². The fourth-order valence-corrected chi connectivity index (χ4v) is 0.571. The molecule has 8 heavy (non-hydrogen) atoms. The maximum absolute atomic E-state index is 12.1. The maximum atomic E-state index is 12.1. The molecule has 0 aliphatic heterocycles. The fraction of sp³-hybridized carbons (Fsp3) is 0.500. The van der Waals surface area contributed by atoms with Crippen molar-refractivity contribution in [1.82, 2.24) is 5.09 Å². The highest BCUT2D eigenvalue weighted by Gasteiger charge is 1.85. The Morgan fingerprint density at radius 3 is 2.88 bits per heavy atom. The molecule has 48 valence electrons. The topological polar surface area (TPSA) is 12.0 Å². The summed E-state index contributed by atoms with van der Waals surface area (Å²) in [5.74, 6) is -0.139. The average molecular weight is 200 g/mol. The number of hydrogen-bond donors (Lipinski definition) is 1. The van der Waals surface area contributed by atoms with Gasteiger partial charge in [0, 0.05) is 6.54 Å². The molecule has 1 atom stereocenters. The van der Waals surface area contributed by atoms with Crippen LogP contribution in [0.4, 0.5) is 4.39 Å². The Balaban J connectivity index is 3.26. The lowest BCUT2D eigenvalue weighted by molar-refractivity contribution is 0.641. The smallest absolute Gasteiger partial charge is 0.108 e. The molecule has 0 aliphatic rings. The zero-order valence-electron chi connectivity index (χ0n) is 4.32. The first kappa shape index (κ1) is 8.54. The Morgan fingerprint density at radius 2 is 2.50 bits per heavy atom. The Hall–Kier alpha value is 0.540. The van der Waals surface area contributed by atoms with Crippen LogP contribution in [0.1, 0.15) is 0 Å². The number of nitrogens with one attached hydrogen (secondary N) is 1. The summed E-state index contributed by atoms with van der Waals surface area (Å²) in [6.45, 7) is 0.558. The number of hydrogen-bond acceptors (Lipinski definition) is 1. The van der Waals surface area contributed by atoms with E-state index in [1.165, 1.54) is 6.08 Å². The van der Waals surface area contributed by atoms with E-state index < -0.39 is 0 Å². The van der Waals surface area contributed by atoms with Crippen LogP contribution in [0.5, 0.6) is 0 Å². The molecule has 1 nitrogen and oxygen atoms in total. The molecule has 0 spiro atoms. The van der Waals surface area contributed by atoms with Gasteiger partial charge in [-0.3, -0.25) is 5.09 Å². The SMILES string of the molecule is F/C(=C\CNP)CBr. The molecular weight excluding hydrogens is 192 g/mol. The largest absolute Gasteiger partial charge is 0.297 e. The summed E-state index contributed by atoms with van der Waals surface area (Å²) >= 11 is 2.97. The molecule has 0 saturated heterocycles. The molecule has 1 unspecified atom stereocenters. The van der Waals surface area contributed by atoms with Crippen molar-refractivity contribution in [2.45, 2.75) is 0 Å². The van der Waals surface area contributed by atoms with E-state index in [4.69, 9.17) is 0 Å². The molecule has 4 heteroatoms. The van der Waals surface area contributed by atoms with Crippen LogP contribution in [0.2, 0.25) is 0 Å². The van der Waals surface area contributed by atoms with Crippen molar-refractivity contribution >= 4 is 25.3 Å². The molecule has 1 N–H and O–H groups in total. The Bertz CT molecular complexity index is 86.1. The summed E-state index contributed by atoms with van der Waals surface area (Å²) in [5.41, 5.74) is 0. The third-order valence-electron chi connectivity index (χ3n) is 0.569. The van der Waals surface area contributed by atoms with E-state index in [-0.39, 0.29) is 5.83 Å². The van der Waals surface area contributed by atoms with Gasteiger partial charge in [0.25, 0.3) is 0 Å². The molecule has 0 rings (SSSR count). The Kier molecular flexibility index (Phi) is 6.06. The quantitative estimate of drug-likeness (QED) is 0.539. The molecule has 0 amide bonds. The van der Waals surface area contributed by atoms with Crippen molar-refractivity contribution in [3.8, 4) is 0 Å². The van der Waals surface area contributed by atoms with Crippen molar-refractivity contribution in [2.75, 3.05) is 11.9 Å². The first-order valence-electron chi connectivity index (χ1n) is 2.15. The normalized spacial score (nSPS) is 12.1. The molecule has 0 saturated carbocycles. The van der Waals surface area contributed by atoms with Crippen molar-refractivity contribution < 1.29 is 4.39 Å². The van der Waals surface area contributed by atoms with Gasteiger partial charge in [0.1, 0.15) is 5.83 Å². The van der Waals surface area contributed by atoms with Crippen LogP contribution in [0, 0.1) is 0 Å². The van der Waals surface area contributed by atoms with Crippen LogP contribution in [0.15, 0.2) is 11.9 Å². The van der Waals surface area contributed by atoms with Gasteiger partial charge in [-0.05, 0) is 6.08 Å². The molecule has 0 radical (unpaired) electrons. The second kappa shape index (κ2) is 5.67. The van der Waals surface area contributed by atoms with Crippen LogP contribution >= 0.6 is 25.3 Å². The van der Waals surface area contributed by atoms with Gasteiger partial charge >= 0.3 is 0 Å². The molecular formula is C4H8BrFNP. The predicted molar refractivity (Wildman–Crippen MR) is 40.7 cm³/mol. The monoisotopic (exact) mass is 199 g/mol. The Morgan fingerprint density at radius 1 is 1.88 bits per heavy atom. The van der Waals surface area contributed by atoms with E-state index in [0.29, 0.717) is 11.9 Å². The predicted octanol–water partition coefficient (Wildman–Crippen LogP) is 1.61. The lowest BCUT2D eigenvalue weighted by Gasteiger charge is -1.88. The molecule has 0 fully saturated rings. The van der Waals surface area contributed by atoms with E-state index in [1.807, 2.05) is 0 Å². The third kappa shape index (κ3) is 4.69. The Labute approximate surface area is 59.1 Å². The van der Waals surface area contributed by atoms with Crippen molar-refractivity contribution in [1.29, 1.82) is 0 Å². The van der Waals surface area contributed by atoms with Gasteiger partial charge in [-0.15, -0.1) is 0 Å². The summed E-state index contributed by atoms with van der Waals surface area (Å²) in [5, 5.41) is 3.02. The molecule has 0 aromatic heterocycles. The van der Waals surface area contributed by atoms with Gasteiger partial charge in [-0.25, -0.2) is 4.39 Å². The standard InChI is InChI=1S/C4H8BrFNP/c5-3-4(6)1-2-7-8/h1,7H,2-3,8H2/b4-1-. The van der Waals surface area contributed by atoms with Gasteiger partial charge < -0.3 is 0 Å². The molecule has 0 aliphatic carbocycles. The van der Waals surface area contributed by atoms with Gasteiger partial charge in [-0.1, -0.05) is 25.3 Å². The molecule has 0 bridgehead atoms. The zero-order valence-corrected chi connectivity index (χ0v) is 7.07. The number of rotatable bonds is 3. The van der Waals surface area contributed by atoms with Crippen molar-refractivity contribution in [3.05, 3.63) is 11.9 Å². The van der Waals surface area contributed by atoms with Gasteiger partial charge in [0.05, 0.1) is 5.33 Å². The fourth-order valence-electron chi connectivity index (χ4n) is 0.224. The van der Waals surface area contributed by atoms with E-state index in [2.05, 4.69) is 30.4 Å². The third-order valence-corrected chi connectivity index (χ3v) is 1.34. The summed E-state index contributed by atoms with van der Waals surface area (Å²) in [7, 11) is 2.29. The molecule has 0 aromatic carbocycles. The van der Waals surface area contributed by atoms with Crippen LogP contribution < -0.4 is 5.09 Å². The van der Waals surface area contributed by atoms with Gasteiger partial charge in [0.15, 0.2) is 0 Å². The first-order valence-corrected chi connectivity index (χ1v) is 3.85. The highest BCUT2D eigenvalue weighted by atomic mass is 79.9. The first-order chi connectivity index (χ1) is 3.81. The molecule has 0 heterocycles. The minimum absolute atomic E-state index is 0.139. The highest BCUT2D eigenvalue weighted by Crippen LogP contribution is 1.98. The minimum Gasteiger partial charge on any atom is -0.297 e. The molecule has 0 aromatic rings. The summed E-state index contributed by atoms with van der Waals surface area (Å²) in [6.07, 6.45) is 1.47. The zero-order chi connectivity index (χ0) is 6.41. The summed E-state index contributed by atoms with van der Waals surface area (Å²) in [4.78, 5) is 0. The second-order valence-corrected chi connectivity index (χ2v) is 2.16. The van der Waals surface area contributed by atoms with Crippen LogP contribution in [-0.2, 0) is 0 Å². The van der Waals surface area contributed by atoms with Crippen LogP contribution in [-0.4, -0.2) is 11.9 Å². The number of allylic oxidation sites excluding steroid dienone is 1. The van der Waals surface area contributed by atoms with E-state index in [1.54, 1.807) is 0 Å². The number of halogens is 2. The van der Waals surface area contributed by atoms with E-state index in [9.17, 15) is 4.39 Å². The second-order valence-electron chi connectivity index (χ2n) is 1.19. The van der Waals surface area contributed by atoms with Crippen LogP contribution in [0.3, 0.4) is 0 Å². The van der Waals surface area contributed by atoms with Crippen LogP contribution in [0.25, 0.3) is 0 Å². The number of alkyl halides is 1. The van der Waals surface area contributed by atoms with Gasteiger partial charge in [0.2, 0.25) is 0 Å².